The van der Waals surface area contributed by atoms with Crippen molar-refractivity contribution in [2.75, 3.05) is 5.32 Å². The molecule has 0 radical (unpaired) electrons. The Morgan fingerprint density at radius 3 is 2.88 bits per heavy atom. The van der Waals surface area contributed by atoms with Crippen LogP contribution in [0.15, 0.2) is 41.8 Å². The minimum atomic E-state index is -0.286. The van der Waals surface area contributed by atoms with Gasteiger partial charge in [0.2, 0.25) is 5.13 Å². The molecular weight excluding hydrogens is 359 g/mol. The predicted octanol–water partition coefficient (Wildman–Crippen LogP) is 4.30. The molecule has 0 fully saturated rings. The lowest BCUT2D eigenvalue weighted by atomic mass is 10.2. The molecule has 1 amide bonds. The Labute approximate surface area is 150 Å². The van der Waals surface area contributed by atoms with Crippen LogP contribution in [0.1, 0.15) is 21.1 Å². The number of hydrogen-bond donors (Lipinski definition) is 1. The fourth-order valence-corrected chi connectivity index (χ4v) is 4.05. The van der Waals surface area contributed by atoms with Crippen LogP contribution in [0.5, 0.6) is 0 Å². The first-order chi connectivity index (χ1) is 12.1. The largest absolute Gasteiger partial charge is 0.331 e. The fraction of sp³-hybridized carbons (Fsp3) is 0.118. The van der Waals surface area contributed by atoms with Crippen LogP contribution in [0.2, 0.25) is 0 Å². The van der Waals surface area contributed by atoms with Crippen LogP contribution >= 0.6 is 22.7 Å². The Morgan fingerprint density at radius 2 is 2.12 bits per heavy atom. The Hall–Kier alpha value is -2.58. The van der Waals surface area contributed by atoms with Crippen molar-refractivity contribution in [3.8, 4) is 0 Å². The number of halogens is 1. The van der Waals surface area contributed by atoms with Gasteiger partial charge < -0.3 is 4.57 Å². The number of aromatic nitrogens is 3. The fourth-order valence-electron chi connectivity index (χ4n) is 2.64. The van der Waals surface area contributed by atoms with E-state index in [4.69, 9.17) is 0 Å². The summed E-state index contributed by atoms with van der Waals surface area (Å²) in [5.41, 5.74) is 1.91. The molecule has 0 atom stereocenters. The molecule has 0 aliphatic rings. The summed E-state index contributed by atoms with van der Waals surface area (Å²) < 4.78 is 16.9. The highest BCUT2D eigenvalue weighted by atomic mass is 32.1. The standard InChI is InChI=1S/C17H13FN4OS2/c1-10-20-21-17(25-10)19-16(23)14-8-15-13(6-7-24-15)22(14)9-11-4-2-3-5-12(11)18/h2-8H,9H2,1H3,(H,19,21,23). The first kappa shape index (κ1) is 15.9. The van der Waals surface area contributed by atoms with Crippen LogP contribution in [0.4, 0.5) is 9.52 Å². The number of benzene rings is 1. The van der Waals surface area contributed by atoms with E-state index in [1.165, 1.54) is 17.4 Å². The third kappa shape index (κ3) is 3.06. The number of amides is 1. The molecule has 1 aromatic carbocycles. The third-order valence-corrected chi connectivity index (χ3v) is 5.40. The molecule has 0 aliphatic carbocycles. The second-order valence-corrected chi connectivity index (χ2v) is 7.59. The molecule has 126 valence electrons. The Kier molecular flexibility index (Phi) is 4.06. The molecule has 0 saturated carbocycles. The zero-order chi connectivity index (χ0) is 17.4. The molecule has 3 heterocycles. The molecule has 0 bridgehead atoms. The maximum absolute atomic E-state index is 14.1. The normalized spacial score (nSPS) is 11.1. The van der Waals surface area contributed by atoms with Crippen molar-refractivity contribution in [1.82, 2.24) is 14.8 Å². The van der Waals surface area contributed by atoms with Gasteiger partial charge in [0.15, 0.2) is 0 Å². The topological polar surface area (TPSA) is 59.8 Å². The lowest BCUT2D eigenvalue weighted by Crippen LogP contribution is -2.17. The second kappa shape index (κ2) is 6.38. The number of hydrogen-bond acceptors (Lipinski definition) is 5. The number of nitrogens with one attached hydrogen (secondary N) is 1. The summed E-state index contributed by atoms with van der Waals surface area (Å²) in [5, 5.41) is 13.8. The van der Waals surface area contributed by atoms with E-state index in [-0.39, 0.29) is 18.3 Å². The van der Waals surface area contributed by atoms with Crippen LogP contribution in [-0.2, 0) is 6.54 Å². The molecule has 0 spiro atoms. The lowest BCUT2D eigenvalue weighted by molar-refractivity contribution is 0.101. The van der Waals surface area contributed by atoms with Gasteiger partial charge in [-0.3, -0.25) is 10.1 Å². The van der Waals surface area contributed by atoms with E-state index in [1.54, 1.807) is 29.5 Å². The number of anilines is 1. The molecular formula is C17H13FN4OS2. The predicted molar refractivity (Wildman–Crippen MR) is 97.9 cm³/mol. The highest BCUT2D eigenvalue weighted by Crippen LogP contribution is 2.27. The second-order valence-electron chi connectivity index (χ2n) is 5.46. The number of carbonyl (C=O) groups is 1. The molecule has 0 saturated heterocycles. The summed E-state index contributed by atoms with van der Waals surface area (Å²) in [6, 6.07) is 10.4. The highest BCUT2D eigenvalue weighted by Gasteiger charge is 2.19. The summed E-state index contributed by atoms with van der Waals surface area (Å²) >= 11 is 2.86. The molecule has 1 N–H and O–H groups in total. The zero-order valence-electron chi connectivity index (χ0n) is 13.2. The van der Waals surface area contributed by atoms with E-state index in [0.29, 0.717) is 16.4 Å². The van der Waals surface area contributed by atoms with Gasteiger partial charge in [0.1, 0.15) is 16.5 Å². The van der Waals surface area contributed by atoms with Gasteiger partial charge in [0.25, 0.3) is 5.91 Å². The van der Waals surface area contributed by atoms with Crippen LogP contribution in [0.25, 0.3) is 10.2 Å². The van der Waals surface area contributed by atoms with E-state index in [1.807, 2.05) is 29.0 Å². The summed E-state index contributed by atoms with van der Waals surface area (Å²) in [7, 11) is 0. The average molecular weight is 372 g/mol. The maximum Gasteiger partial charge on any atom is 0.274 e. The van der Waals surface area contributed by atoms with E-state index < -0.39 is 0 Å². The van der Waals surface area contributed by atoms with Gasteiger partial charge >= 0.3 is 0 Å². The summed E-state index contributed by atoms with van der Waals surface area (Å²) in [6.45, 7) is 2.11. The molecule has 0 unspecified atom stereocenters. The van der Waals surface area contributed by atoms with E-state index in [0.717, 1.165) is 15.2 Å². The molecule has 3 aromatic heterocycles. The third-order valence-electron chi connectivity index (χ3n) is 3.79. The lowest BCUT2D eigenvalue weighted by Gasteiger charge is -2.10. The van der Waals surface area contributed by atoms with Crippen LogP contribution < -0.4 is 5.32 Å². The van der Waals surface area contributed by atoms with Crippen molar-refractivity contribution < 1.29 is 9.18 Å². The maximum atomic E-state index is 14.1. The zero-order valence-corrected chi connectivity index (χ0v) is 14.8. The van der Waals surface area contributed by atoms with Crippen molar-refractivity contribution >= 4 is 43.9 Å². The molecule has 0 aliphatic heterocycles. The Balaban J connectivity index is 1.72. The van der Waals surface area contributed by atoms with Gasteiger partial charge in [-0.2, -0.15) is 0 Å². The van der Waals surface area contributed by atoms with E-state index >= 15 is 0 Å². The number of thiophene rings is 1. The minimum absolute atomic E-state index is 0.282. The van der Waals surface area contributed by atoms with Crippen molar-refractivity contribution in [3.63, 3.8) is 0 Å². The van der Waals surface area contributed by atoms with Crippen LogP contribution in [0.3, 0.4) is 0 Å². The number of rotatable bonds is 4. The summed E-state index contributed by atoms with van der Waals surface area (Å²) in [5.74, 6) is -0.568. The average Bonchev–Trinajstić information content (AvgIpc) is 3.27. The van der Waals surface area contributed by atoms with Crippen molar-refractivity contribution in [3.05, 3.63) is 63.9 Å². The molecule has 5 nitrogen and oxygen atoms in total. The monoisotopic (exact) mass is 372 g/mol. The first-order valence-corrected chi connectivity index (χ1v) is 9.23. The van der Waals surface area contributed by atoms with E-state index in [9.17, 15) is 9.18 Å². The van der Waals surface area contributed by atoms with Crippen molar-refractivity contribution in [2.24, 2.45) is 0 Å². The Bertz CT molecular complexity index is 1070. The Morgan fingerprint density at radius 1 is 1.28 bits per heavy atom. The van der Waals surface area contributed by atoms with Gasteiger partial charge in [-0.1, -0.05) is 29.5 Å². The SMILES string of the molecule is Cc1nnc(NC(=O)c2cc3sccc3n2Cc2ccccc2F)s1. The van der Waals surface area contributed by atoms with Crippen molar-refractivity contribution in [2.45, 2.75) is 13.5 Å². The number of fused-ring (bicyclic) bond motifs is 1. The van der Waals surface area contributed by atoms with Crippen LogP contribution in [0, 0.1) is 12.7 Å². The molecule has 4 aromatic rings. The number of carbonyl (C=O) groups excluding carboxylic acids is 1. The number of nitrogens with zero attached hydrogens (tertiary/aromatic N) is 3. The van der Waals surface area contributed by atoms with Crippen LogP contribution in [-0.4, -0.2) is 20.7 Å². The minimum Gasteiger partial charge on any atom is -0.331 e. The highest BCUT2D eigenvalue weighted by molar-refractivity contribution is 7.17. The van der Waals surface area contributed by atoms with E-state index in [2.05, 4.69) is 15.5 Å². The summed E-state index contributed by atoms with van der Waals surface area (Å²) in [6.07, 6.45) is 0. The molecule has 25 heavy (non-hydrogen) atoms. The number of aryl methyl sites for hydroxylation is 1. The molecule has 4 rings (SSSR count). The molecule has 8 heteroatoms. The quantitative estimate of drug-likeness (QED) is 0.581. The smallest absolute Gasteiger partial charge is 0.274 e. The van der Waals surface area contributed by atoms with Gasteiger partial charge in [-0.05, 0) is 30.5 Å². The van der Waals surface area contributed by atoms with Crippen molar-refractivity contribution in [1.29, 1.82) is 0 Å². The summed E-state index contributed by atoms with van der Waals surface area (Å²) in [4.78, 5) is 12.7. The van der Waals surface area contributed by atoms with Gasteiger partial charge in [-0.15, -0.1) is 21.5 Å². The van der Waals surface area contributed by atoms with Gasteiger partial charge in [-0.25, -0.2) is 4.39 Å². The van der Waals surface area contributed by atoms with Gasteiger partial charge in [0.05, 0.1) is 16.8 Å². The van der Waals surface area contributed by atoms with Gasteiger partial charge in [0, 0.05) is 5.56 Å². The first-order valence-electron chi connectivity index (χ1n) is 7.53.